The van der Waals surface area contributed by atoms with Gasteiger partial charge in [0.2, 0.25) is 0 Å². The minimum Gasteiger partial charge on any atom is -0.343 e. The monoisotopic (exact) mass is 416 g/mol. The van der Waals surface area contributed by atoms with Crippen LogP contribution in [0.1, 0.15) is 33.0 Å². The quantitative estimate of drug-likeness (QED) is 0.453. The molecular formula is C24H21ClN4O. The number of fused-ring (bicyclic) bond motifs is 2. The summed E-state index contributed by atoms with van der Waals surface area (Å²) in [5, 5.41) is 4.83. The van der Waals surface area contributed by atoms with Crippen molar-refractivity contribution in [2.24, 2.45) is 0 Å². The van der Waals surface area contributed by atoms with Gasteiger partial charge in [0, 0.05) is 29.8 Å². The Hall–Kier alpha value is -3.31. The van der Waals surface area contributed by atoms with Crippen LogP contribution in [0.4, 0.5) is 5.69 Å². The van der Waals surface area contributed by atoms with E-state index in [-0.39, 0.29) is 5.91 Å². The van der Waals surface area contributed by atoms with Gasteiger partial charge < -0.3 is 9.47 Å². The number of halogens is 1. The van der Waals surface area contributed by atoms with Crippen LogP contribution in [0.5, 0.6) is 0 Å². The number of nitrogens with zero attached hydrogens (tertiary/aromatic N) is 4. The normalized spacial score (nSPS) is 13.0. The molecule has 3 heterocycles. The van der Waals surface area contributed by atoms with Crippen molar-refractivity contribution in [3.05, 3.63) is 100 Å². The lowest BCUT2D eigenvalue weighted by atomic mass is 10.1. The van der Waals surface area contributed by atoms with E-state index in [1.165, 1.54) is 5.69 Å². The minimum absolute atomic E-state index is 0.108. The summed E-state index contributed by atoms with van der Waals surface area (Å²) in [6.45, 7) is 5.28. The van der Waals surface area contributed by atoms with Crippen LogP contribution in [0.25, 0.3) is 5.69 Å². The number of benzene rings is 2. The van der Waals surface area contributed by atoms with Crippen LogP contribution < -0.4 is 4.90 Å². The number of amides is 1. The van der Waals surface area contributed by atoms with E-state index < -0.39 is 0 Å². The highest BCUT2D eigenvalue weighted by Gasteiger charge is 2.26. The number of carbonyl (C=O) groups excluding carboxylic acids is 1. The summed E-state index contributed by atoms with van der Waals surface area (Å²) in [6, 6.07) is 19.6. The Bertz CT molecular complexity index is 1270. The predicted molar refractivity (Wildman–Crippen MR) is 119 cm³/mol. The molecule has 30 heavy (non-hydrogen) atoms. The fraction of sp³-hybridized carbons (Fsp3) is 0.167. The van der Waals surface area contributed by atoms with Gasteiger partial charge in [0.1, 0.15) is 0 Å². The predicted octanol–water partition coefficient (Wildman–Crippen LogP) is 5.15. The Balaban J connectivity index is 1.55. The number of aromatic nitrogens is 3. The van der Waals surface area contributed by atoms with E-state index in [0.29, 0.717) is 17.1 Å². The average molecular weight is 417 g/mol. The lowest BCUT2D eigenvalue weighted by Crippen LogP contribution is -2.30. The zero-order chi connectivity index (χ0) is 20.8. The lowest BCUT2D eigenvalue weighted by Gasteiger charge is -2.23. The van der Waals surface area contributed by atoms with Crippen molar-refractivity contribution in [1.29, 1.82) is 0 Å². The van der Waals surface area contributed by atoms with Gasteiger partial charge in [-0.05, 0) is 61.9 Å². The molecule has 5 nitrogen and oxygen atoms in total. The van der Waals surface area contributed by atoms with Crippen molar-refractivity contribution in [3.8, 4) is 5.69 Å². The Morgan fingerprint density at radius 3 is 2.60 bits per heavy atom. The van der Waals surface area contributed by atoms with E-state index in [2.05, 4.69) is 34.8 Å². The Morgan fingerprint density at radius 1 is 1.00 bits per heavy atom. The van der Waals surface area contributed by atoms with Crippen molar-refractivity contribution in [2.75, 3.05) is 4.90 Å². The fourth-order valence-electron chi connectivity index (χ4n) is 4.02. The molecule has 0 radical (unpaired) electrons. The van der Waals surface area contributed by atoms with Gasteiger partial charge in [-0.1, -0.05) is 29.8 Å². The molecular weight excluding hydrogens is 396 g/mol. The molecule has 4 aromatic rings. The first-order chi connectivity index (χ1) is 14.5. The molecule has 2 aromatic carbocycles. The van der Waals surface area contributed by atoms with E-state index >= 15 is 0 Å². The van der Waals surface area contributed by atoms with E-state index in [9.17, 15) is 4.79 Å². The SMILES string of the molecule is Cc1ccn(-c2ccc(C(=O)N3Cc4ccc(C)n4Cc4ccccc43)c(Cl)c2)n1. The molecule has 0 bridgehead atoms. The summed E-state index contributed by atoms with van der Waals surface area (Å²) >= 11 is 6.58. The molecule has 0 saturated heterocycles. The molecule has 2 aromatic heterocycles. The van der Waals surface area contributed by atoms with Gasteiger partial charge in [-0.15, -0.1) is 0 Å². The zero-order valence-corrected chi connectivity index (χ0v) is 17.6. The smallest absolute Gasteiger partial charge is 0.260 e. The summed E-state index contributed by atoms with van der Waals surface area (Å²) in [5.74, 6) is -0.108. The summed E-state index contributed by atoms with van der Waals surface area (Å²) in [7, 11) is 0. The maximum absolute atomic E-state index is 13.6. The third-order valence-electron chi connectivity index (χ3n) is 5.64. The molecule has 1 amide bonds. The second-order valence-electron chi connectivity index (χ2n) is 7.64. The van der Waals surface area contributed by atoms with Crippen LogP contribution in [0.3, 0.4) is 0 Å². The van der Waals surface area contributed by atoms with Gasteiger partial charge in [-0.3, -0.25) is 4.79 Å². The third kappa shape index (κ3) is 3.12. The highest BCUT2D eigenvalue weighted by atomic mass is 35.5. The first kappa shape index (κ1) is 18.7. The van der Waals surface area contributed by atoms with E-state index in [4.69, 9.17) is 11.6 Å². The summed E-state index contributed by atoms with van der Waals surface area (Å²) in [5.41, 5.74) is 6.56. The topological polar surface area (TPSA) is 43.1 Å². The number of para-hydroxylation sites is 1. The van der Waals surface area contributed by atoms with Crippen LogP contribution in [-0.4, -0.2) is 20.3 Å². The average Bonchev–Trinajstić information content (AvgIpc) is 3.27. The van der Waals surface area contributed by atoms with Crippen molar-refractivity contribution < 1.29 is 4.79 Å². The zero-order valence-electron chi connectivity index (χ0n) is 16.8. The van der Waals surface area contributed by atoms with Crippen LogP contribution >= 0.6 is 11.6 Å². The first-order valence-corrected chi connectivity index (χ1v) is 10.3. The third-order valence-corrected chi connectivity index (χ3v) is 5.95. The standard InChI is InChI=1S/C24H21ClN4O/c1-16-11-12-29(26-16)19-9-10-21(22(25)13-19)24(30)28-15-20-8-7-17(2)27(20)14-18-5-3-4-6-23(18)28/h3-13H,14-15H2,1-2H3. The number of hydrogen-bond donors (Lipinski definition) is 0. The molecule has 1 aliphatic rings. The Kier molecular flexibility index (Phi) is 4.48. The molecule has 0 unspecified atom stereocenters. The van der Waals surface area contributed by atoms with Gasteiger partial charge in [-0.25, -0.2) is 4.68 Å². The maximum Gasteiger partial charge on any atom is 0.260 e. The Morgan fingerprint density at radius 2 is 1.83 bits per heavy atom. The number of hydrogen-bond acceptors (Lipinski definition) is 2. The minimum atomic E-state index is -0.108. The molecule has 0 saturated carbocycles. The van der Waals surface area contributed by atoms with Gasteiger partial charge in [-0.2, -0.15) is 5.10 Å². The van der Waals surface area contributed by atoms with Crippen LogP contribution in [0.2, 0.25) is 5.02 Å². The van der Waals surface area contributed by atoms with Gasteiger partial charge in [0.25, 0.3) is 5.91 Å². The van der Waals surface area contributed by atoms with Gasteiger partial charge >= 0.3 is 0 Å². The van der Waals surface area contributed by atoms with Crippen LogP contribution in [-0.2, 0) is 13.1 Å². The first-order valence-electron chi connectivity index (χ1n) is 9.88. The number of anilines is 1. The summed E-state index contributed by atoms with van der Waals surface area (Å²) < 4.78 is 4.02. The highest BCUT2D eigenvalue weighted by molar-refractivity contribution is 6.34. The van der Waals surface area contributed by atoms with Crippen LogP contribution in [0.15, 0.2) is 66.9 Å². The summed E-state index contributed by atoms with van der Waals surface area (Å²) in [4.78, 5) is 15.4. The van der Waals surface area contributed by atoms with Crippen LogP contribution in [0, 0.1) is 13.8 Å². The molecule has 6 heteroatoms. The molecule has 0 spiro atoms. The second kappa shape index (κ2) is 7.18. The van der Waals surface area contributed by atoms with Crippen molar-refractivity contribution >= 4 is 23.2 Å². The second-order valence-corrected chi connectivity index (χ2v) is 8.05. The molecule has 150 valence electrons. The molecule has 5 rings (SSSR count). The molecule has 0 N–H and O–H groups in total. The highest BCUT2D eigenvalue weighted by Crippen LogP contribution is 2.31. The Labute approximate surface area is 180 Å². The molecule has 0 aliphatic carbocycles. The fourth-order valence-corrected chi connectivity index (χ4v) is 4.27. The molecule has 0 fully saturated rings. The van der Waals surface area contributed by atoms with Crippen molar-refractivity contribution in [1.82, 2.24) is 14.3 Å². The van der Waals surface area contributed by atoms with E-state index in [1.54, 1.807) is 16.8 Å². The van der Waals surface area contributed by atoms with E-state index in [1.807, 2.05) is 48.4 Å². The van der Waals surface area contributed by atoms with E-state index in [0.717, 1.165) is 34.9 Å². The molecule has 1 aliphatic heterocycles. The number of carbonyl (C=O) groups is 1. The maximum atomic E-state index is 13.6. The summed E-state index contributed by atoms with van der Waals surface area (Å²) in [6.07, 6.45) is 1.88. The number of rotatable bonds is 2. The number of aryl methyl sites for hydroxylation is 2. The van der Waals surface area contributed by atoms with Gasteiger partial charge in [0.05, 0.1) is 28.5 Å². The van der Waals surface area contributed by atoms with Gasteiger partial charge in [0.15, 0.2) is 0 Å². The largest absolute Gasteiger partial charge is 0.343 e. The lowest BCUT2D eigenvalue weighted by molar-refractivity contribution is 0.0985. The molecule has 0 atom stereocenters. The van der Waals surface area contributed by atoms with Crippen molar-refractivity contribution in [3.63, 3.8) is 0 Å². The van der Waals surface area contributed by atoms with Crippen molar-refractivity contribution in [2.45, 2.75) is 26.9 Å².